The van der Waals surface area contributed by atoms with Crippen LogP contribution in [-0.2, 0) is 0 Å². The summed E-state index contributed by atoms with van der Waals surface area (Å²) in [5.41, 5.74) is 0.420. The highest BCUT2D eigenvalue weighted by atomic mass is 35.5. The van der Waals surface area contributed by atoms with Crippen molar-refractivity contribution in [2.24, 2.45) is 0 Å². The second kappa shape index (κ2) is 5.57. The van der Waals surface area contributed by atoms with Gasteiger partial charge in [0, 0.05) is 0 Å². The molecule has 2 rings (SSSR count). The van der Waals surface area contributed by atoms with E-state index in [1.165, 1.54) is 0 Å². The number of ether oxygens (including phenoxy) is 1. The molecule has 0 spiro atoms. The van der Waals surface area contributed by atoms with Gasteiger partial charge >= 0.3 is 0 Å². The Morgan fingerprint density at radius 2 is 1.61 bits per heavy atom. The number of rotatable bonds is 3. The Morgan fingerprint density at radius 1 is 1.00 bits per heavy atom. The molecule has 18 heavy (non-hydrogen) atoms. The lowest BCUT2D eigenvalue weighted by atomic mass is 10.2. The smallest absolute Gasteiger partial charge is 0.192 e. The number of halogens is 2. The fraction of sp³-hybridized carbons (Fsp3) is 0. The predicted molar refractivity (Wildman–Crippen MR) is 77.3 cm³/mol. The number of thiocarbonyl (C=S) groups is 1. The van der Waals surface area contributed by atoms with Crippen molar-refractivity contribution in [2.45, 2.75) is 0 Å². The van der Waals surface area contributed by atoms with Gasteiger partial charge in [0.2, 0.25) is 0 Å². The lowest BCUT2D eigenvalue weighted by Crippen LogP contribution is -1.98. The maximum atomic E-state index is 9.41. The normalized spacial score (nSPS) is 10.1. The lowest BCUT2D eigenvalue weighted by Gasteiger charge is -2.11. The van der Waals surface area contributed by atoms with Crippen molar-refractivity contribution in [2.75, 3.05) is 0 Å². The first-order valence-corrected chi connectivity index (χ1v) is 6.20. The van der Waals surface area contributed by atoms with Crippen molar-refractivity contribution >= 4 is 40.5 Å². The van der Waals surface area contributed by atoms with E-state index in [0.29, 0.717) is 27.1 Å². The molecule has 0 aliphatic rings. The first-order valence-electron chi connectivity index (χ1n) is 5.04. The summed E-state index contributed by atoms with van der Waals surface area (Å²) in [4.78, 5) is 0. The molecule has 2 aromatic rings. The second-order valence-corrected chi connectivity index (χ2v) is 4.66. The third-order valence-corrected chi connectivity index (χ3v) is 3.06. The van der Waals surface area contributed by atoms with Crippen LogP contribution in [0.1, 0.15) is 5.56 Å². The standard InChI is InChI=1S/C13H8Cl2O2S/c14-9-5-3-6-10(15)12(9)17-11-7-2-1-4-8(11)13(16)18/h1-7H,(H,16,18). The molecule has 0 amide bonds. The molecule has 5 heteroatoms. The zero-order valence-corrected chi connectivity index (χ0v) is 11.4. The van der Waals surface area contributed by atoms with E-state index < -0.39 is 0 Å². The van der Waals surface area contributed by atoms with Crippen LogP contribution in [0.2, 0.25) is 10.0 Å². The van der Waals surface area contributed by atoms with Gasteiger partial charge in [-0.1, -0.05) is 41.4 Å². The van der Waals surface area contributed by atoms with Gasteiger partial charge in [-0.25, -0.2) is 0 Å². The summed E-state index contributed by atoms with van der Waals surface area (Å²) in [5, 5.41) is 9.94. The Hall–Kier alpha value is -1.29. The molecule has 2 aromatic carbocycles. The fourth-order valence-electron chi connectivity index (χ4n) is 1.42. The van der Waals surface area contributed by atoms with Crippen molar-refractivity contribution < 1.29 is 9.84 Å². The number of aliphatic hydroxyl groups excluding tert-OH is 1. The zero-order chi connectivity index (χ0) is 13.1. The molecule has 0 saturated heterocycles. The quantitative estimate of drug-likeness (QED) is 0.807. The Labute approximate surface area is 120 Å². The minimum absolute atomic E-state index is 0.242. The van der Waals surface area contributed by atoms with Crippen molar-refractivity contribution in [1.82, 2.24) is 0 Å². The molecule has 0 unspecified atom stereocenters. The monoisotopic (exact) mass is 298 g/mol. The van der Waals surface area contributed by atoms with Crippen molar-refractivity contribution in [3.63, 3.8) is 0 Å². The van der Waals surface area contributed by atoms with Gasteiger partial charge in [0.15, 0.2) is 10.8 Å². The average Bonchev–Trinajstić information content (AvgIpc) is 2.34. The molecular formula is C13H8Cl2O2S. The van der Waals surface area contributed by atoms with Gasteiger partial charge in [0.25, 0.3) is 0 Å². The minimum atomic E-state index is -0.242. The van der Waals surface area contributed by atoms with E-state index in [0.717, 1.165) is 0 Å². The summed E-state index contributed by atoms with van der Waals surface area (Å²) in [6, 6.07) is 11.9. The molecule has 0 aliphatic heterocycles. The molecule has 1 N–H and O–H groups in total. The summed E-state index contributed by atoms with van der Waals surface area (Å²) in [6.07, 6.45) is 0. The average molecular weight is 299 g/mol. The van der Waals surface area contributed by atoms with Gasteiger partial charge in [-0.3, -0.25) is 0 Å². The Balaban J connectivity index is 2.43. The molecular weight excluding hydrogens is 291 g/mol. The van der Waals surface area contributed by atoms with Gasteiger partial charge in [-0.05, 0) is 36.5 Å². The van der Waals surface area contributed by atoms with Gasteiger partial charge in [0.1, 0.15) is 5.75 Å². The summed E-state index contributed by atoms with van der Waals surface area (Å²) in [7, 11) is 0. The maximum absolute atomic E-state index is 9.41. The minimum Gasteiger partial charge on any atom is -0.498 e. The van der Waals surface area contributed by atoms with Crippen molar-refractivity contribution in [1.29, 1.82) is 0 Å². The highest BCUT2D eigenvalue weighted by molar-refractivity contribution is 7.80. The van der Waals surface area contributed by atoms with Gasteiger partial charge in [-0.2, -0.15) is 0 Å². The molecule has 0 radical (unpaired) electrons. The Morgan fingerprint density at radius 3 is 2.22 bits per heavy atom. The van der Waals surface area contributed by atoms with Crippen molar-refractivity contribution in [3.05, 3.63) is 58.1 Å². The van der Waals surface area contributed by atoms with E-state index in [4.69, 9.17) is 40.2 Å². The van der Waals surface area contributed by atoms with Gasteiger partial charge < -0.3 is 9.84 Å². The van der Waals surface area contributed by atoms with Crippen LogP contribution < -0.4 is 4.74 Å². The third-order valence-electron chi connectivity index (χ3n) is 2.25. The van der Waals surface area contributed by atoms with E-state index in [9.17, 15) is 5.11 Å². The highest BCUT2D eigenvalue weighted by Gasteiger charge is 2.12. The summed E-state index contributed by atoms with van der Waals surface area (Å²) >= 11 is 16.8. The van der Waals surface area contributed by atoms with Crippen LogP contribution in [0.5, 0.6) is 11.5 Å². The largest absolute Gasteiger partial charge is 0.498 e. The van der Waals surface area contributed by atoms with Gasteiger partial charge in [-0.15, -0.1) is 0 Å². The molecule has 0 bridgehead atoms. The third kappa shape index (κ3) is 2.75. The molecule has 0 saturated carbocycles. The van der Waals surface area contributed by atoms with Crippen LogP contribution >= 0.6 is 35.4 Å². The maximum Gasteiger partial charge on any atom is 0.192 e. The molecule has 2 nitrogen and oxygen atoms in total. The van der Waals surface area contributed by atoms with Crippen LogP contribution in [0, 0.1) is 0 Å². The second-order valence-electron chi connectivity index (χ2n) is 3.45. The first kappa shape index (κ1) is 13.1. The Kier molecular flexibility index (Phi) is 4.07. The van der Waals surface area contributed by atoms with E-state index in [1.807, 2.05) is 0 Å². The van der Waals surface area contributed by atoms with E-state index in [2.05, 4.69) is 0 Å². The Bertz CT molecular complexity index is 579. The first-order chi connectivity index (χ1) is 8.59. The van der Waals surface area contributed by atoms with Crippen LogP contribution in [0.3, 0.4) is 0 Å². The predicted octanol–water partition coefficient (Wildman–Crippen LogP) is 5.02. The van der Waals surface area contributed by atoms with Gasteiger partial charge in [0.05, 0.1) is 15.6 Å². The number of hydrogen-bond donors (Lipinski definition) is 1. The van der Waals surface area contributed by atoms with Crippen molar-refractivity contribution in [3.8, 4) is 11.5 Å². The molecule has 0 aromatic heterocycles. The molecule has 0 atom stereocenters. The number of aliphatic hydroxyl groups is 1. The van der Waals surface area contributed by atoms with E-state index in [1.54, 1.807) is 42.5 Å². The molecule has 0 fully saturated rings. The fourth-order valence-corrected chi connectivity index (χ4v) is 2.07. The summed E-state index contributed by atoms with van der Waals surface area (Å²) < 4.78 is 5.62. The number of hydrogen-bond acceptors (Lipinski definition) is 2. The van der Waals surface area contributed by atoms with E-state index >= 15 is 0 Å². The van der Waals surface area contributed by atoms with Crippen LogP contribution in [-0.4, -0.2) is 10.2 Å². The van der Waals surface area contributed by atoms with Crippen LogP contribution in [0.25, 0.3) is 0 Å². The topological polar surface area (TPSA) is 29.5 Å². The number of benzene rings is 2. The SMILES string of the molecule is OC(=S)c1ccccc1Oc1c(Cl)cccc1Cl. The highest BCUT2D eigenvalue weighted by Crippen LogP contribution is 2.37. The zero-order valence-electron chi connectivity index (χ0n) is 9.06. The van der Waals surface area contributed by atoms with E-state index in [-0.39, 0.29) is 5.05 Å². The van der Waals surface area contributed by atoms with Crippen LogP contribution in [0.15, 0.2) is 42.5 Å². The molecule has 92 valence electrons. The van der Waals surface area contributed by atoms with Crippen LogP contribution in [0.4, 0.5) is 0 Å². The lowest BCUT2D eigenvalue weighted by molar-refractivity contribution is 0.478. The summed E-state index contributed by atoms with van der Waals surface area (Å²) in [6.45, 7) is 0. The molecule has 0 aliphatic carbocycles. The summed E-state index contributed by atoms with van der Waals surface area (Å²) in [5.74, 6) is 0.740. The number of para-hydroxylation sites is 2. The molecule has 0 heterocycles.